The van der Waals surface area contributed by atoms with E-state index in [1.807, 2.05) is 45.0 Å². The van der Waals surface area contributed by atoms with E-state index in [0.717, 1.165) is 51.5 Å². The van der Waals surface area contributed by atoms with Gasteiger partial charge in [0, 0.05) is 24.3 Å². The molecule has 1 N–H and O–H groups in total. The number of aryl methyl sites for hydroxylation is 4. The molecule has 0 aliphatic heterocycles. The Morgan fingerprint density at radius 1 is 0.971 bits per heavy atom. The number of sulfone groups is 1. The fraction of sp³-hybridized carbons (Fsp3) is 0.296. The molecule has 2 aromatic heterocycles. The monoisotopic (exact) mass is 490 g/mol. The quantitative estimate of drug-likeness (QED) is 0.402. The van der Waals surface area contributed by atoms with E-state index in [1.54, 1.807) is 12.1 Å². The first-order valence-corrected chi connectivity index (χ1v) is 13.3. The van der Waals surface area contributed by atoms with Crippen LogP contribution in [0, 0.1) is 20.8 Å². The van der Waals surface area contributed by atoms with E-state index in [4.69, 9.17) is 4.98 Å². The highest BCUT2D eigenvalue weighted by atomic mass is 32.2. The molecular weight excluding hydrogens is 460 g/mol. The van der Waals surface area contributed by atoms with E-state index in [9.17, 15) is 13.2 Å². The van der Waals surface area contributed by atoms with Crippen LogP contribution in [0.15, 0.2) is 59.5 Å². The number of amides is 1. The van der Waals surface area contributed by atoms with Gasteiger partial charge < -0.3 is 5.32 Å². The van der Waals surface area contributed by atoms with E-state index in [1.165, 1.54) is 12.1 Å². The van der Waals surface area contributed by atoms with Gasteiger partial charge >= 0.3 is 0 Å². The lowest BCUT2D eigenvalue weighted by Gasteiger charge is -2.11. The van der Waals surface area contributed by atoms with E-state index >= 15 is 0 Å². The summed E-state index contributed by atoms with van der Waals surface area (Å²) in [6, 6.07) is 16.7. The maximum absolute atomic E-state index is 12.5. The molecule has 0 aliphatic carbocycles. The Morgan fingerprint density at radius 3 is 2.31 bits per heavy atom. The summed E-state index contributed by atoms with van der Waals surface area (Å²) in [4.78, 5) is 21.7. The molecule has 4 rings (SSSR count). The smallest absolute Gasteiger partial charge is 0.235 e. The Bertz CT molecular complexity index is 1470. The summed E-state index contributed by atoms with van der Waals surface area (Å²) in [5, 5.41) is 2.73. The SMILES string of the molecule is CCc1nc2c(C)nc(C)cc2n1-c1ccc(CCNC(=O)CS(=O)(=O)c2ccc(C)cc2)cc1. The van der Waals surface area contributed by atoms with Crippen molar-refractivity contribution in [1.29, 1.82) is 0 Å². The van der Waals surface area contributed by atoms with Crippen molar-refractivity contribution in [1.82, 2.24) is 19.9 Å². The molecular formula is C27H30N4O3S. The van der Waals surface area contributed by atoms with Crippen molar-refractivity contribution in [2.45, 2.75) is 45.4 Å². The molecule has 1 amide bonds. The van der Waals surface area contributed by atoms with Crippen molar-refractivity contribution in [2.24, 2.45) is 0 Å². The van der Waals surface area contributed by atoms with Crippen LogP contribution in [0.1, 0.15) is 35.3 Å². The van der Waals surface area contributed by atoms with E-state index in [0.29, 0.717) is 13.0 Å². The number of nitrogens with one attached hydrogen (secondary N) is 1. The van der Waals surface area contributed by atoms with Crippen LogP contribution in [-0.4, -0.2) is 41.2 Å². The van der Waals surface area contributed by atoms with Crippen LogP contribution in [-0.2, 0) is 27.5 Å². The number of hydrogen-bond acceptors (Lipinski definition) is 5. The van der Waals surface area contributed by atoms with Crippen LogP contribution in [0.25, 0.3) is 16.7 Å². The summed E-state index contributed by atoms with van der Waals surface area (Å²) < 4.78 is 27.1. The minimum Gasteiger partial charge on any atom is -0.355 e. The fourth-order valence-corrected chi connectivity index (χ4v) is 5.33. The molecule has 2 heterocycles. The van der Waals surface area contributed by atoms with Gasteiger partial charge in [-0.1, -0.05) is 36.8 Å². The molecule has 0 unspecified atom stereocenters. The zero-order valence-electron chi connectivity index (χ0n) is 20.5. The molecule has 0 radical (unpaired) electrons. The molecule has 8 heteroatoms. The minimum absolute atomic E-state index is 0.161. The van der Waals surface area contributed by atoms with Crippen LogP contribution in [0.4, 0.5) is 0 Å². The van der Waals surface area contributed by atoms with Gasteiger partial charge in [-0.2, -0.15) is 0 Å². The molecule has 7 nitrogen and oxygen atoms in total. The highest BCUT2D eigenvalue weighted by Gasteiger charge is 2.19. The Kier molecular flexibility index (Phi) is 7.03. The summed E-state index contributed by atoms with van der Waals surface area (Å²) >= 11 is 0. The molecule has 0 bridgehead atoms. The number of carbonyl (C=O) groups is 1. The zero-order valence-corrected chi connectivity index (χ0v) is 21.3. The summed E-state index contributed by atoms with van der Waals surface area (Å²) in [7, 11) is -3.66. The first kappa shape index (κ1) is 24.6. The predicted octanol–water partition coefficient (Wildman–Crippen LogP) is 4.04. The van der Waals surface area contributed by atoms with Gasteiger partial charge in [-0.25, -0.2) is 13.4 Å². The Balaban J connectivity index is 1.41. The van der Waals surface area contributed by atoms with Gasteiger partial charge in [-0.05, 0) is 63.1 Å². The Morgan fingerprint density at radius 2 is 1.66 bits per heavy atom. The lowest BCUT2D eigenvalue weighted by molar-refractivity contribution is -0.118. The van der Waals surface area contributed by atoms with Crippen molar-refractivity contribution in [3.63, 3.8) is 0 Å². The second-order valence-electron chi connectivity index (χ2n) is 8.77. The Hall–Kier alpha value is -3.52. The lowest BCUT2D eigenvalue weighted by Crippen LogP contribution is -2.31. The summed E-state index contributed by atoms with van der Waals surface area (Å²) in [5.41, 5.74) is 6.87. The number of pyridine rings is 1. The molecule has 0 atom stereocenters. The summed E-state index contributed by atoms with van der Waals surface area (Å²) in [6.07, 6.45) is 1.40. The molecule has 2 aromatic carbocycles. The third kappa shape index (κ3) is 5.43. The number of carbonyl (C=O) groups excluding carboxylic acids is 1. The lowest BCUT2D eigenvalue weighted by atomic mass is 10.1. The average molecular weight is 491 g/mol. The van der Waals surface area contributed by atoms with Gasteiger partial charge in [-0.3, -0.25) is 14.3 Å². The third-order valence-electron chi connectivity index (χ3n) is 5.96. The molecule has 0 saturated carbocycles. The number of hydrogen-bond donors (Lipinski definition) is 1. The van der Waals surface area contributed by atoms with Crippen molar-refractivity contribution < 1.29 is 13.2 Å². The fourth-order valence-electron chi connectivity index (χ4n) is 4.16. The van der Waals surface area contributed by atoms with Gasteiger partial charge in [-0.15, -0.1) is 0 Å². The van der Waals surface area contributed by atoms with Crippen molar-refractivity contribution >= 4 is 26.8 Å². The molecule has 0 aliphatic rings. The maximum Gasteiger partial charge on any atom is 0.235 e. The number of aromatic nitrogens is 3. The number of fused-ring (bicyclic) bond motifs is 1. The van der Waals surface area contributed by atoms with Crippen LogP contribution < -0.4 is 5.32 Å². The molecule has 0 fully saturated rings. The van der Waals surface area contributed by atoms with E-state index in [2.05, 4.69) is 27.9 Å². The Labute approximate surface area is 206 Å². The molecule has 35 heavy (non-hydrogen) atoms. The molecule has 4 aromatic rings. The average Bonchev–Trinajstić information content (AvgIpc) is 3.18. The maximum atomic E-state index is 12.5. The number of benzene rings is 2. The van der Waals surface area contributed by atoms with Gasteiger partial charge in [0.1, 0.15) is 17.1 Å². The van der Waals surface area contributed by atoms with Crippen LogP contribution in [0.3, 0.4) is 0 Å². The minimum atomic E-state index is -3.66. The highest BCUT2D eigenvalue weighted by molar-refractivity contribution is 7.92. The van der Waals surface area contributed by atoms with Crippen molar-refractivity contribution in [3.8, 4) is 5.69 Å². The van der Waals surface area contributed by atoms with E-state index < -0.39 is 21.5 Å². The predicted molar refractivity (Wildman–Crippen MR) is 138 cm³/mol. The molecule has 0 spiro atoms. The second kappa shape index (κ2) is 10.00. The number of rotatable bonds is 8. The normalized spacial score (nSPS) is 11.7. The highest BCUT2D eigenvalue weighted by Crippen LogP contribution is 2.24. The third-order valence-corrected chi connectivity index (χ3v) is 7.60. The standard InChI is InChI=1S/C27H30N4O3S/c1-5-25-30-27-20(4)29-19(3)16-24(27)31(25)22-10-8-21(9-11-22)14-15-28-26(32)17-35(33,34)23-12-6-18(2)7-13-23/h6-13,16H,5,14-15,17H2,1-4H3,(H,28,32). The van der Waals surface area contributed by atoms with Gasteiger partial charge in [0.25, 0.3) is 0 Å². The molecule has 182 valence electrons. The van der Waals surface area contributed by atoms with Gasteiger partial charge in [0.15, 0.2) is 9.84 Å². The van der Waals surface area contributed by atoms with Crippen molar-refractivity contribution in [2.75, 3.05) is 12.3 Å². The first-order chi connectivity index (χ1) is 16.7. The first-order valence-electron chi connectivity index (χ1n) is 11.7. The summed E-state index contributed by atoms with van der Waals surface area (Å²) in [5.74, 6) is -0.0831. The van der Waals surface area contributed by atoms with Crippen LogP contribution in [0.2, 0.25) is 0 Å². The van der Waals surface area contributed by atoms with Crippen molar-refractivity contribution in [3.05, 3.63) is 82.9 Å². The van der Waals surface area contributed by atoms with Crippen LogP contribution in [0.5, 0.6) is 0 Å². The second-order valence-corrected chi connectivity index (χ2v) is 10.8. The molecule has 0 saturated heterocycles. The van der Waals surface area contributed by atoms with E-state index in [-0.39, 0.29) is 4.90 Å². The largest absolute Gasteiger partial charge is 0.355 e. The number of nitrogens with zero attached hydrogens (tertiary/aromatic N) is 3. The zero-order chi connectivity index (χ0) is 25.2. The van der Waals surface area contributed by atoms with Gasteiger partial charge in [0.2, 0.25) is 5.91 Å². The summed E-state index contributed by atoms with van der Waals surface area (Å²) in [6.45, 7) is 8.30. The topological polar surface area (TPSA) is 93.9 Å². The van der Waals surface area contributed by atoms with Gasteiger partial charge in [0.05, 0.1) is 16.1 Å². The number of imidazole rings is 1. The van der Waals surface area contributed by atoms with Crippen LogP contribution >= 0.6 is 0 Å².